The van der Waals surface area contributed by atoms with Crippen molar-refractivity contribution in [1.29, 1.82) is 0 Å². The number of benzene rings is 2. The summed E-state index contributed by atoms with van der Waals surface area (Å²) >= 11 is 0. The molecule has 7 heteroatoms. The Morgan fingerprint density at radius 1 is 1.12 bits per heavy atom. The zero-order valence-corrected chi connectivity index (χ0v) is 13.5. The van der Waals surface area contributed by atoms with Gasteiger partial charge in [-0.2, -0.15) is 0 Å². The minimum Gasteiger partial charge on any atom is -0.466 e. The van der Waals surface area contributed by atoms with E-state index in [0.29, 0.717) is 5.56 Å². The Hall–Kier alpha value is -2.54. The Labute approximate surface area is 143 Å². The largest absolute Gasteiger partial charge is 0.573 e. The van der Waals surface area contributed by atoms with Gasteiger partial charge in [0, 0.05) is 6.04 Å². The predicted octanol–water partition coefficient (Wildman–Crippen LogP) is 4.21. The van der Waals surface area contributed by atoms with Crippen molar-refractivity contribution in [3.63, 3.8) is 0 Å². The highest BCUT2D eigenvalue weighted by molar-refractivity contribution is 5.71. The minimum atomic E-state index is -4.72. The molecule has 1 atom stereocenters. The molecular weight excluding hydrogens is 335 g/mol. The van der Waals surface area contributed by atoms with Crippen molar-refractivity contribution in [2.45, 2.75) is 25.7 Å². The fourth-order valence-corrected chi connectivity index (χ4v) is 2.32. The SMILES string of the molecule is CCOC(=O)C[C@H](N)c1cccc(-c2ccc(OC(F)(F)F)cc2)c1. The summed E-state index contributed by atoms with van der Waals surface area (Å²) in [6, 6.07) is 12.2. The summed E-state index contributed by atoms with van der Waals surface area (Å²) < 4.78 is 45.3. The molecule has 0 saturated heterocycles. The van der Waals surface area contributed by atoms with E-state index in [2.05, 4.69) is 4.74 Å². The van der Waals surface area contributed by atoms with Gasteiger partial charge in [0.15, 0.2) is 0 Å². The van der Waals surface area contributed by atoms with Crippen LogP contribution in [0.25, 0.3) is 11.1 Å². The highest BCUT2D eigenvalue weighted by Gasteiger charge is 2.30. The molecule has 0 aromatic heterocycles. The molecule has 4 nitrogen and oxygen atoms in total. The van der Waals surface area contributed by atoms with Crippen LogP contribution in [0.3, 0.4) is 0 Å². The first-order valence-corrected chi connectivity index (χ1v) is 7.66. The van der Waals surface area contributed by atoms with Crippen LogP contribution in [-0.4, -0.2) is 18.9 Å². The van der Waals surface area contributed by atoms with E-state index in [1.54, 1.807) is 31.2 Å². The molecule has 0 radical (unpaired) electrons. The number of alkyl halides is 3. The average Bonchev–Trinajstić information content (AvgIpc) is 2.54. The fraction of sp³-hybridized carbons (Fsp3) is 0.278. The lowest BCUT2D eigenvalue weighted by molar-refractivity contribution is -0.274. The first-order valence-electron chi connectivity index (χ1n) is 7.66. The maximum atomic E-state index is 12.2. The summed E-state index contributed by atoms with van der Waals surface area (Å²) in [5.74, 6) is -0.666. The van der Waals surface area contributed by atoms with Crippen LogP contribution in [0.1, 0.15) is 24.9 Å². The summed E-state index contributed by atoms with van der Waals surface area (Å²) in [5, 5.41) is 0. The van der Waals surface area contributed by atoms with E-state index >= 15 is 0 Å². The average molecular weight is 353 g/mol. The Balaban J connectivity index is 2.14. The third-order valence-electron chi connectivity index (χ3n) is 3.43. The molecule has 0 fully saturated rings. The molecule has 0 spiro atoms. The van der Waals surface area contributed by atoms with Gasteiger partial charge in [0.2, 0.25) is 0 Å². The standard InChI is InChI=1S/C18H18F3NO3/c1-2-24-17(23)11-16(22)14-5-3-4-13(10-14)12-6-8-15(9-7-12)25-18(19,20)21/h3-10,16H,2,11,22H2,1H3/t16-/m0/s1. The number of nitrogens with two attached hydrogens (primary N) is 1. The molecule has 0 aliphatic carbocycles. The van der Waals surface area contributed by atoms with E-state index in [-0.39, 0.29) is 24.7 Å². The Morgan fingerprint density at radius 3 is 2.40 bits per heavy atom. The van der Waals surface area contributed by atoms with E-state index in [1.165, 1.54) is 24.3 Å². The monoisotopic (exact) mass is 353 g/mol. The van der Waals surface area contributed by atoms with Crippen molar-refractivity contribution in [1.82, 2.24) is 0 Å². The Morgan fingerprint density at radius 2 is 1.80 bits per heavy atom. The zero-order chi connectivity index (χ0) is 18.4. The first kappa shape index (κ1) is 18.8. The van der Waals surface area contributed by atoms with Crippen LogP contribution >= 0.6 is 0 Å². The predicted molar refractivity (Wildman–Crippen MR) is 86.7 cm³/mol. The van der Waals surface area contributed by atoms with Crippen LogP contribution in [0.5, 0.6) is 5.75 Å². The van der Waals surface area contributed by atoms with Gasteiger partial charge >= 0.3 is 12.3 Å². The second kappa shape index (κ2) is 8.02. The third kappa shape index (κ3) is 5.79. The molecular formula is C18H18F3NO3. The second-order valence-electron chi connectivity index (χ2n) is 5.31. The summed E-state index contributed by atoms with van der Waals surface area (Å²) in [4.78, 5) is 11.5. The van der Waals surface area contributed by atoms with Gasteiger partial charge in [0.1, 0.15) is 5.75 Å². The van der Waals surface area contributed by atoms with Crippen LogP contribution in [0.15, 0.2) is 48.5 Å². The van der Waals surface area contributed by atoms with E-state index < -0.39 is 12.4 Å². The van der Waals surface area contributed by atoms with Crippen molar-refractivity contribution in [2.75, 3.05) is 6.61 Å². The lowest BCUT2D eigenvalue weighted by Crippen LogP contribution is -2.17. The second-order valence-corrected chi connectivity index (χ2v) is 5.31. The molecule has 0 aliphatic rings. The topological polar surface area (TPSA) is 61.5 Å². The summed E-state index contributed by atoms with van der Waals surface area (Å²) in [6.07, 6.45) is -4.67. The highest BCUT2D eigenvalue weighted by atomic mass is 19.4. The molecule has 0 saturated carbocycles. The lowest BCUT2D eigenvalue weighted by Gasteiger charge is -2.13. The number of halogens is 3. The molecule has 0 heterocycles. The van der Waals surface area contributed by atoms with Crippen molar-refractivity contribution >= 4 is 5.97 Å². The zero-order valence-electron chi connectivity index (χ0n) is 13.5. The quantitative estimate of drug-likeness (QED) is 0.791. The van der Waals surface area contributed by atoms with Crippen molar-refractivity contribution in [3.05, 3.63) is 54.1 Å². The summed E-state index contributed by atoms with van der Waals surface area (Å²) in [6.45, 7) is 2.01. The molecule has 2 aromatic carbocycles. The maximum Gasteiger partial charge on any atom is 0.573 e. The van der Waals surface area contributed by atoms with Crippen LogP contribution in [-0.2, 0) is 9.53 Å². The number of rotatable bonds is 6. The van der Waals surface area contributed by atoms with Crippen LogP contribution in [0.2, 0.25) is 0 Å². The lowest BCUT2D eigenvalue weighted by atomic mass is 9.98. The van der Waals surface area contributed by atoms with Crippen LogP contribution < -0.4 is 10.5 Å². The van der Waals surface area contributed by atoms with Gasteiger partial charge < -0.3 is 15.2 Å². The van der Waals surface area contributed by atoms with Gasteiger partial charge in [0.05, 0.1) is 13.0 Å². The summed E-state index contributed by atoms with van der Waals surface area (Å²) in [5.41, 5.74) is 8.24. The Bertz CT molecular complexity index is 714. The van der Waals surface area contributed by atoms with E-state index in [0.717, 1.165) is 11.1 Å². The Kier molecular flexibility index (Phi) is 6.03. The number of hydrogen-bond acceptors (Lipinski definition) is 4. The molecule has 0 aliphatic heterocycles. The maximum absolute atomic E-state index is 12.2. The molecule has 2 rings (SSSR count). The van der Waals surface area contributed by atoms with E-state index in [9.17, 15) is 18.0 Å². The highest BCUT2D eigenvalue weighted by Crippen LogP contribution is 2.28. The molecule has 0 bridgehead atoms. The van der Waals surface area contributed by atoms with Gasteiger partial charge in [0.25, 0.3) is 0 Å². The van der Waals surface area contributed by atoms with Crippen LogP contribution in [0.4, 0.5) is 13.2 Å². The van der Waals surface area contributed by atoms with Gasteiger partial charge in [-0.3, -0.25) is 4.79 Å². The van der Waals surface area contributed by atoms with Crippen LogP contribution in [0, 0.1) is 0 Å². The number of carbonyl (C=O) groups is 1. The smallest absolute Gasteiger partial charge is 0.466 e. The number of carbonyl (C=O) groups excluding carboxylic acids is 1. The van der Waals surface area contributed by atoms with E-state index in [4.69, 9.17) is 10.5 Å². The molecule has 25 heavy (non-hydrogen) atoms. The number of esters is 1. The van der Waals surface area contributed by atoms with Crippen molar-refractivity contribution in [3.8, 4) is 16.9 Å². The minimum absolute atomic E-state index is 0.0512. The number of ether oxygens (including phenoxy) is 2. The molecule has 2 aromatic rings. The van der Waals surface area contributed by atoms with Gasteiger partial charge in [-0.1, -0.05) is 30.3 Å². The third-order valence-corrected chi connectivity index (χ3v) is 3.43. The van der Waals surface area contributed by atoms with E-state index in [1.807, 2.05) is 0 Å². The van der Waals surface area contributed by atoms with Crippen molar-refractivity contribution in [2.24, 2.45) is 5.73 Å². The molecule has 134 valence electrons. The van der Waals surface area contributed by atoms with Crippen molar-refractivity contribution < 1.29 is 27.4 Å². The molecule has 0 unspecified atom stereocenters. The van der Waals surface area contributed by atoms with Gasteiger partial charge in [-0.15, -0.1) is 13.2 Å². The van der Waals surface area contributed by atoms with Gasteiger partial charge in [-0.05, 0) is 41.8 Å². The molecule has 0 amide bonds. The normalized spacial score (nSPS) is 12.5. The first-order chi connectivity index (χ1) is 11.8. The number of hydrogen-bond donors (Lipinski definition) is 1. The van der Waals surface area contributed by atoms with Gasteiger partial charge in [-0.25, -0.2) is 0 Å². The fourth-order valence-electron chi connectivity index (χ4n) is 2.32. The molecule has 2 N–H and O–H groups in total. The summed E-state index contributed by atoms with van der Waals surface area (Å²) in [7, 11) is 0.